The number of amides is 1. The van der Waals surface area contributed by atoms with Gasteiger partial charge in [-0.1, -0.05) is 12.1 Å². The quantitative estimate of drug-likeness (QED) is 0.931. The molecule has 3 rings (SSSR count). The van der Waals surface area contributed by atoms with Gasteiger partial charge in [0.15, 0.2) is 0 Å². The van der Waals surface area contributed by atoms with Crippen LogP contribution in [-0.2, 0) is 11.2 Å². The summed E-state index contributed by atoms with van der Waals surface area (Å²) in [6.45, 7) is 0. The van der Waals surface area contributed by atoms with Gasteiger partial charge in [-0.2, -0.15) is 0 Å². The lowest BCUT2D eigenvalue weighted by Crippen LogP contribution is -2.31. The molecule has 0 fully saturated rings. The Morgan fingerprint density at radius 2 is 1.86 bits per heavy atom. The molecule has 1 aliphatic heterocycles. The average molecular weight is 319 g/mol. The van der Waals surface area contributed by atoms with Crippen LogP contribution in [0.1, 0.15) is 23.6 Å². The number of rotatable bonds is 3. The first-order valence-corrected chi connectivity index (χ1v) is 8.06. The number of carbonyl (C=O) groups is 1. The van der Waals surface area contributed by atoms with Gasteiger partial charge in [0.1, 0.15) is 11.6 Å². The summed E-state index contributed by atoms with van der Waals surface area (Å²) >= 11 is 1.67. The summed E-state index contributed by atoms with van der Waals surface area (Å²) in [5, 5.41) is 2.95. The van der Waals surface area contributed by atoms with Crippen LogP contribution in [-0.4, -0.2) is 11.7 Å². The lowest BCUT2D eigenvalue weighted by Gasteiger charge is -2.26. The van der Waals surface area contributed by atoms with E-state index in [4.69, 9.17) is 0 Å². The minimum absolute atomic E-state index is 0.140. The van der Waals surface area contributed by atoms with E-state index in [2.05, 4.69) is 5.32 Å². The van der Waals surface area contributed by atoms with E-state index >= 15 is 0 Å². The number of nitrogens with one attached hydrogen (secondary N) is 1. The Morgan fingerprint density at radius 3 is 2.64 bits per heavy atom. The number of halogens is 2. The van der Waals surface area contributed by atoms with Crippen molar-refractivity contribution in [2.45, 2.75) is 23.8 Å². The lowest BCUT2D eigenvalue weighted by molar-refractivity contribution is -0.121. The summed E-state index contributed by atoms with van der Waals surface area (Å²) in [4.78, 5) is 13.2. The smallest absolute Gasteiger partial charge is 0.224 e. The number of carbonyl (C=O) groups excluding carboxylic acids is 1. The molecule has 1 heterocycles. The van der Waals surface area contributed by atoms with E-state index < -0.39 is 0 Å². The summed E-state index contributed by atoms with van der Waals surface area (Å²) in [5.41, 5.74) is 1.59. The van der Waals surface area contributed by atoms with Gasteiger partial charge < -0.3 is 5.32 Å². The fourth-order valence-corrected chi connectivity index (χ4v) is 3.65. The third kappa shape index (κ3) is 3.47. The highest BCUT2D eigenvalue weighted by atomic mass is 32.2. The minimum atomic E-state index is -0.321. The second kappa shape index (κ2) is 6.48. The molecule has 5 heteroatoms. The third-order valence-electron chi connectivity index (χ3n) is 3.62. The van der Waals surface area contributed by atoms with E-state index in [1.165, 1.54) is 24.3 Å². The fourth-order valence-electron chi connectivity index (χ4n) is 2.55. The Morgan fingerprint density at radius 1 is 1.14 bits per heavy atom. The zero-order chi connectivity index (χ0) is 15.5. The van der Waals surface area contributed by atoms with Gasteiger partial charge in [0.2, 0.25) is 5.91 Å². The van der Waals surface area contributed by atoms with Gasteiger partial charge >= 0.3 is 0 Å². The largest absolute Gasteiger partial charge is 0.349 e. The lowest BCUT2D eigenvalue weighted by atomic mass is 10.0. The Kier molecular flexibility index (Phi) is 4.43. The Balaban J connectivity index is 1.70. The third-order valence-corrected chi connectivity index (χ3v) is 4.75. The van der Waals surface area contributed by atoms with Crippen molar-refractivity contribution in [1.82, 2.24) is 5.32 Å². The number of hydrogen-bond donors (Lipinski definition) is 1. The summed E-state index contributed by atoms with van der Waals surface area (Å²) in [7, 11) is 0. The van der Waals surface area contributed by atoms with Gasteiger partial charge in [0.25, 0.3) is 0 Å². The van der Waals surface area contributed by atoms with Crippen LogP contribution >= 0.6 is 11.8 Å². The molecule has 22 heavy (non-hydrogen) atoms. The van der Waals surface area contributed by atoms with Crippen LogP contribution in [0.2, 0.25) is 0 Å². The summed E-state index contributed by atoms with van der Waals surface area (Å²) in [6.07, 6.45) is 0.963. The molecule has 1 amide bonds. The van der Waals surface area contributed by atoms with Crippen molar-refractivity contribution in [2.75, 3.05) is 5.75 Å². The Labute approximate surface area is 131 Å². The van der Waals surface area contributed by atoms with Crippen LogP contribution in [0, 0.1) is 11.6 Å². The SMILES string of the molecule is O=C(Cc1ccc(F)cc1)N[C@H]1CCSc2ccc(F)cc21. The predicted octanol–water partition coefficient (Wildman–Crippen LogP) is 3.86. The molecule has 2 aromatic rings. The van der Waals surface area contributed by atoms with Crippen LogP contribution in [0.3, 0.4) is 0 Å². The normalized spacial score (nSPS) is 16.9. The molecule has 1 atom stereocenters. The van der Waals surface area contributed by atoms with Gasteiger partial charge in [-0.25, -0.2) is 8.78 Å². The maximum atomic E-state index is 13.4. The van der Waals surface area contributed by atoms with Crippen LogP contribution < -0.4 is 5.32 Å². The molecule has 0 saturated heterocycles. The predicted molar refractivity (Wildman–Crippen MR) is 82.7 cm³/mol. The van der Waals surface area contributed by atoms with Gasteiger partial charge in [0, 0.05) is 10.6 Å². The second-order valence-corrected chi connectivity index (χ2v) is 6.38. The monoisotopic (exact) mass is 319 g/mol. The minimum Gasteiger partial charge on any atom is -0.349 e. The maximum absolute atomic E-state index is 13.4. The van der Waals surface area contributed by atoms with Crippen LogP contribution in [0.4, 0.5) is 8.78 Å². The summed E-state index contributed by atoms with van der Waals surface area (Å²) in [6, 6.07) is 10.4. The second-order valence-electron chi connectivity index (χ2n) is 5.24. The maximum Gasteiger partial charge on any atom is 0.224 e. The molecule has 0 radical (unpaired) electrons. The standard InChI is InChI=1S/C17H15F2NOS/c18-12-3-1-11(2-4-12)9-17(21)20-15-7-8-22-16-6-5-13(19)10-14(15)16/h1-6,10,15H,7-9H2,(H,20,21)/t15-/m0/s1. The fraction of sp³-hybridized carbons (Fsp3) is 0.235. The average Bonchev–Trinajstić information content (AvgIpc) is 2.50. The molecular weight excluding hydrogens is 304 g/mol. The van der Waals surface area contributed by atoms with E-state index in [1.807, 2.05) is 0 Å². The first-order valence-electron chi connectivity index (χ1n) is 7.08. The van der Waals surface area contributed by atoms with E-state index in [9.17, 15) is 13.6 Å². The van der Waals surface area contributed by atoms with Crippen LogP contribution in [0.25, 0.3) is 0 Å². The van der Waals surface area contributed by atoms with Gasteiger partial charge in [0.05, 0.1) is 12.5 Å². The molecule has 0 aromatic heterocycles. The Hall–Kier alpha value is -1.88. The van der Waals surface area contributed by atoms with Crippen molar-refractivity contribution in [3.05, 3.63) is 65.2 Å². The van der Waals surface area contributed by atoms with Gasteiger partial charge in [-0.05, 0) is 47.9 Å². The molecule has 2 nitrogen and oxygen atoms in total. The zero-order valence-corrected chi connectivity index (χ0v) is 12.6. The molecule has 0 bridgehead atoms. The van der Waals surface area contributed by atoms with E-state index in [0.29, 0.717) is 0 Å². The van der Waals surface area contributed by atoms with Crippen LogP contribution in [0.15, 0.2) is 47.4 Å². The first kappa shape index (κ1) is 15.0. The number of hydrogen-bond acceptors (Lipinski definition) is 2. The number of benzene rings is 2. The first-order chi connectivity index (χ1) is 10.6. The highest BCUT2D eigenvalue weighted by Gasteiger charge is 2.22. The zero-order valence-electron chi connectivity index (χ0n) is 11.8. The number of thioether (sulfide) groups is 1. The molecule has 0 aliphatic carbocycles. The van der Waals surface area contributed by atoms with Crippen molar-refractivity contribution < 1.29 is 13.6 Å². The molecular formula is C17H15F2NOS. The summed E-state index contributed by atoms with van der Waals surface area (Å²) in [5.74, 6) is 0.135. The van der Waals surface area contributed by atoms with E-state index in [-0.39, 0.29) is 30.0 Å². The molecule has 0 spiro atoms. The van der Waals surface area contributed by atoms with Gasteiger partial charge in [-0.3, -0.25) is 4.79 Å². The van der Waals surface area contributed by atoms with E-state index in [0.717, 1.165) is 28.2 Å². The molecule has 2 aromatic carbocycles. The van der Waals surface area contributed by atoms with Crippen molar-refractivity contribution in [1.29, 1.82) is 0 Å². The molecule has 1 N–H and O–H groups in total. The van der Waals surface area contributed by atoms with Gasteiger partial charge in [-0.15, -0.1) is 11.8 Å². The highest BCUT2D eigenvalue weighted by Crippen LogP contribution is 2.36. The molecule has 114 valence electrons. The highest BCUT2D eigenvalue weighted by molar-refractivity contribution is 7.99. The molecule has 0 unspecified atom stereocenters. The van der Waals surface area contributed by atoms with Crippen molar-refractivity contribution in [3.63, 3.8) is 0 Å². The van der Waals surface area contributed by atoms with Crippen molar-refractivity contribution >= 4 is 17.7 Å². The molecule has 1 aliphatic rings. The van der Waals surface area contributed by atoms with E-state index in [1.54, 1.807) is 30.0 Å². The van der Waals surface area contributed by atoms with Crippen LogP contribution in [0.5, 0.6) is 0 Å². The molecule has 0 saturated carbocycles. The topological polar surface area (TPSA) is 29.1 Å². The number of fused-ring (bicyclic) bond motifs is 1. The van der Waals surface area contributed by atoms with Crippen molar-refractivity contribution in [3.8, 4) is 0 Å². The Bertz CT molecular complexity index is 688. The summed E-state index contributed by atoms with van der Waals surface area (Å²) < 4.78 is 26.3. The van der Waals surface area contributed by atoms with Crippen molar-refractivity contribution in [2.24, 2.45) is 0 Å².